The van der Waals surface area contributed by atoms with Gasteiger partial charge in [0.05, 0.1) is 3.42 Å². The molecule has 3 nitrogen and oxygen atoms in total. The molecule has 2 atom stereocenters. The second-order valence-corrected chi connectivity index (χ2v) is 18.2. The van der Waals surface area contributed by atoms with Crippen molar-refractivity contribution in [3.63, 3.8) is 0 Å². The molecule has 6 saturated carbocycles. The lowest BCUT2D eigenvalue weighted by Crippen LogP contribution is -2.75. The van der Waals surface area contributed by atoms with Crippen molar-refractivity contribution in [1.82, 2.24) is 0 Å². The van der Waals surface area contributed by atoms with Crippen LogP contribution in [0.5, 0.6) is 0 Å². The lowest BCUT2D eigenvalue weighted by Gasteiger charge is -2.62. The third-order valence-electron chi connectivity index (χ3n) is 12.5. The average molecular weight is 827 g/mol. The Labute approximate surface area is 280 Å². The summed E-state index contributed by atoms with van der Waals surface area (Å²) in [5, 5.41) is 0. The van der Waals surface area contributed by atoms with Crippen molar-refractivity contribution in [1.29, 1.82) is 0 Å². The number of hydrogen-bond acceptors (Lipinski definition) is 3. The number of fused-ring (bicyclic) bond motifs is 6. The van der Waals surface area contributed by atoms with Crippen molar-refractivity contribution in [2.45, 2.75) is 142 Å². The van der Waals surface area contributed by atoms with Crippen LogP contribution in [0.15, 0.2) is 23.3 Å². The van der Waals surface area contributed by atoms with Crippen molar-refractivity contribution in [2.24, 2.45) is 22.7 Å². The second kappa shape index (κ2) is 11.4. The fourth-order valence-corrected chi connectivity index (χ4v) is 11.0. The Kier molecular flexibility index (Phi) is 9.14. The Morgan fingerprint density at radius 3 is 1.40 bits per heavy atom. The summed E-state index contributed by atoms with van der Waals surface area (Å²) < 4.78 is 180. The van der Waals surface area contributed by atoms with Crippen molar-refractivity contribution in [2.75, 3.05) is 0 Å². The van der Waals surface area contributed by atoms with Gasteiger partial charge in [-0.25, -0.2) is 4.18 Å². The smallest absolute Gasteiger partial charge is 0.250 e. The molecule has 0 aromatic carbocycles. The summed E-state index contributed by atoms with van der Waals surface area (Å²) in [5.41, 5.74) is -10.7. The molecule has 4 bridgehead atoms. The summed E-state index contributed by atoms with van der Waals surface area (Å²) in [5.74, 6) is -18.5. The standard InChI is InChI=1S/C16H19F7O3S.C15H19F4I/c1-10-2-4-11(5-3-10)12-6-8-13(9-7-12,15(19,20)14(12,17)18)26-27(24,25)16(21,22)23;1-10-2-4-11(5-3-10)12-6-8-13(20,9-7-12)15(18,19)14(12,16)17/h2,11H,3-9H2,1H3;2,11H,3-9H2,1H3. The van der Waals surface area contributed by atoms with Crippen molar-refractivity contribution < 1.29 is 60.9 Å². The molecule has 16 heteroatoms. The van der Waals surface area contributed by atoms with Gasteiger partial charge >= 0.3 is 39.3 Å². The largest absolute Gasteiger partial charge is 0.523 e. The van der Waals surface area contributed by atoms with E-state index in [1.54, 1.807) is 28.7 Å². The van der Waals surface area contributed by atoms with Crippen LogP contribution in [0.25, 0.3) is 0 Å². The molecule has 0 spiro atoms. The first-order valence-electron chi connectivity index (χ1n) is 15.8. The second-order valence-electron chi connectivity index (χ2n) is 14.6. The van der Waals surface area contributed by atoms with Gasteiger partial charge in [-0.15, -0.1) is 0 Å². The van der Waals surface area contributed by atoms with Crippen LogP contribution in [0.4, 0.5) is 48.3 Å². The van der Waals surface area contributed by atoms with Crippen LogP contribution < -0.4 is 0 Å². The molecule has 0 radical (unpaired) electrons. The molecule has 8 aliphatic carbocycles. The number of allylic oxidation sites excluding steroid dienone is 4. The highest BCUT2D eigenvalue weighted by atomic mass is 127. The van der Waals surface area contributed by atoms with E-state index in [1.807, 2.05) is 19.9 Å². The van der Waals surface area contributed by atoms with E-state index in [4.69, 9.17) is 0 Å². The number of hydrogen-bond donors (Lipinski definition) is 0. The normalized spacial score (nSPS) is 41.7. The Morgan fingerprint density at radius 1 is 0.660 bits per heavy atom. The van der Waals surface area contributed by atoms with Gasteiger partial charge in [-0.05, 0) is 116 Å². The number of alkyl halides is 12. The highest BCUT2D eigenvalue weighted by Gasteiger charge is 2.85. The Morgan fingerprint density at radius 2 is 1.04 bits per heavy atom. The van der Waals surface area contributed by atoms with Gasteiger partial charge in [0.1, 0.15) is 0 Å². The zero-order valence-electron chi connectivity index (χ0n) is 25.9. The first-order valence-corrected chi connectivity index (χ1v) is 18.3. The molecule has 0 heterocycles. The lowest BCUT2D eigenvalue weighted by molar-refractivity contribution is -0.385. The van der Waals surface area contributed by atoms with Gasteiger partial charge in [0.25, 0.3) is 0 Å². The highest BCUT2D eigenvalue weighted by Crippen LogP contribution is 2.73. The van der Waals surface area contributed by atoms with Gasteiger partial charge in [0, 0.05) is 10.8 Å². The zero-order valence-corrected chi connectivity index (χ0v) is 28.9. The maximum atomic E-state index is 15.0. The summed E-state index contributed by atoms with van der Waals surface area (Å²) in [6.07, 6.45) is 4.73. The predicted molar refractivity (Wildman–Crippen MR) is 159 cm³/mol. The van der Waals surface area contributed by atoms with E-state index < -0.39 is 90.8 Å². The van der Waals surface area contributed by atoms with Gasteiger partial charge in [-0.2, -0.15) is 56.7 Å². The van der Waals surface area contributed by atoms with Crippen molar-refractivity contribution >= 4 is 32.7 Å². The van der Waals surface area contributed by atoms with Gasteiger partial charge in [0.15, 0.2) is 5.60 Å². The zero-order chi connectivity index (χ0) is 35.3. The molecular weight excluding hydrogens is 788 g/mol. The van der Waals surface area contributed by atoms with Crippen LogP contribution in [0.1, 0.15) is 104 Å². The molecule has 0 N–H and O–H groups in total. The van der Waals surface area contributed by atoms with Crippen LogP contribution in [-0.4, -0.2) is 46.6 Å². The van der Waals surface area contributed by atoms with Crippen LogP contribution in [0.3, 0.4) is 0 Å². The van der Waals surface area contributed by atoms with E-state index in [-0.39, 0.29) is 44.4 Å². The van der Waals surface area contributed by atoms with E-state index in [0.717, 1.165) is 12.0 Å². The lowest BCUT2D eigenvalue weighted by atomic mass is 9.49. The van der Waals surface area contributed by atoms with Crippen LogP contribution >= 0.6 is 22.6 Å². The summed E-state index contributed by atoms with van der Waals surface area (Å²) in [6.45, 7) is 3.79. The molecule has 270 valence electrons. The fourth-order valence-electron chi connectivity index (χ4n) is 9.30. The summed E-state index contributed by atoms with van der Waals surface area (Å²) in [6, 6.07) is 0. The van der Waals surface area contributed by atoms with Gasteiger partial charge in [-0.1, -0.05) is 45.9 Å². The summed E-state index contributed by atoms with van der Waals surface area (Å²) >= 11 is 1.60. The topological polar surface area (TPSA) is 43.4 Å². The maximum Gasteiger partial charge on any atom is 0.523 e. The fraction of sp³-hybridized carbons (Fsp3) is 0.871. The molecule has 0 amide bonds. The van der Waals surface area contributed by atoms with E-state index in [9.17, 15) is 47.9 Å². The summed E-state index contributed by atoms with van der Waals surface area (Å²) in [4.78, 5) is 0. The molecule has 0 aromatic heterocycles. The average Bonchev–Trinajstić information content (AvgIpc) is 2.97. The van der Waals surface area contributed by atoms with Gasteiger partial charge in [-0.3, -0.25) is 0 Å². The SMILES string of the molecule is CC1=CCC(C23CCC(I)(CC2)C(F)(F)C3(F)F)CC1.CC1=CCC(C23CCC(OS(=O)(=O)C(F)(F)F)(CC2)C(F)(F)C3(F)F)CC1. The molecule has 2 unspecified atom stereocenters. The van der Waals surface area contributed by atoms with Crippen LogP contribution in [-0.2, 0) is 14.3 Å². The van der Waals surface area contributed by atoms with E-state index in [0.29, 0.717) is 19.3 Å². The molecule has 0 aliphatic heterocycles. The first-order chi connectivity index (χ1) is 21.3. The Bertz CT molecular complexity index is 1400. The van der Waals surface area contributed by atoms with Gasteiger partial charge in [0.2, 0.25) is 0 Å². The minimum absolute atomic E-state index is 0.187. The molecule has 47 heavy (non-hydrogen) atoms. The maximum absolute atomic E-state index is 15.0. The van der Waals surface area contributed by atoms with Gasteiger partial charge < -0.3 is 0 Å². The van der Waals surface area contributed by atoms with E-state index in [1.165, 1.54) is 5.57 Å². The third kappa shape index (κ3) is 5.17. The first kappa shape index (κ1) is 37.6. The Hall–Kier alpha value is -0.650. The predicted octanol–water partition coefficient (Wildman–Crippen LogP) is 10.9. The van der Waals surface area contributed by atoms with Crippen molar-refractivity contribution in [3.05, 3.63) is 23.3 Å². The van der Waals surface area contributed by atoms with E-state index >= 15 is 8.78 Å². The molecule has 8 rings (SSSR count). The van der Waals surface area contributed by atoms with Crippen LogP contribution in [0.2, 0.25) is 0 Å². The third-order valence-corrected chi connectivity index (χ3v) is 15.3. The Balaban J connectivity index is 0.000000193. The molecule has 0 saturated heterocycles. The highest BCUT2D eigenvalue weighted by molar-refractivity contribution is 14.1. The molecule has 8 aliphatic rings. The monoisotopic (exact) mass is 826 g/mol. The quantitative estimate of drug-likeness (QED) is 0.0708. The number of rotatable bonds is 4. The number of halogens is 12. The minimum Gasteiger partial charge on any atom is -0.250 e. The van der Waals surface area contributed by atoms with Crippen LogP contribution in [0, 0.1) is 22.7 Å². The minimum atomic E-state index is -6.44. The van der Waals surface area contributed by atoms with E-state index in [2.05, 4.69) is 4.18 Å². The molecule has 6 fully saturated rings. The molecule has 0 aromatic rings. The molecular formula is C31H38F11IO3S. The summed E-state index contributed by atoms with van der Waals surface area (Å²) in [7, 11) is -6.44. The van der Waals surface area contributed by atoms with Crippen molar-refractivity contribution in [3.8, 4) is 0 Å².